The summed E-state index contributed by atoms with van der Waals surface area (Å²) >= 11 is 3.22. The van der Waals surface area contributed by atoms with Gasteiger partial charge in [0.1, 0.15) is 0 Å². The second kappa shape index (κ2) is 3.29. The highest BCUT2D eigenvalue weighted by Crippen LogP contribution is 2.22. The van der Waals surface area contributed by atoms with Crippen molar-refractivity contribution in [2.75, 3.05) is 0 Å². The molecule has 0 bridgehead atoms. The Hall–Kier alpha value is 0.200. The first-order valence-electron chi connectivity index (χ1n) is 2.97. The zero-order valence-electron chi connectivity index (χ0n) is 5.50. The highest BCUT2D eigenvalue weighted by Gasteiger charge is 2.20. The Morgan fingerprint density at radius 1 is 1.64 bits per heavy atom. The Bertz CT molecular complexity index is 305. The fraction of sp³-hybridized carbons (Fsp3) is 0.333. The van der Waals surface area contributed by atoms with Crippen molar-refractivity contribution < 1.29 is 8.42 Å². The summed E-state index contributed by atoms with van der Waals surface area (Å²) in [6.45, 7) is 0. The zero-order chi connectivity index (χ0) is 8.48. The van der Waals surface area contributed by atoms with Crippen molar-refractivity contribution in [3.8, 4) is 0 Å². The predicted molar refractivity (Wildman–Crippen MR) is 49.3 cm³/mol. The summed E-state index contributed by atoms with van der Waals surface area (Å²) in [6, 6.07) is 0. The number of allylic oxidation sites excluding steroid dienone is 3. The molecule has 62 valence electrons. The van der Waals surface area contributed by atoms with Crippen LogP contribution in [0, 0.1) is 0 Å². The molecule has 0 saturated heterocycles. The predicted octanol–water partition coefficient (Wildman–Crippen LogP) is 2.16. The van der Waals surface area contributed by atoms with Gasteiger partial charge in [-0.15, -0.1) is 0 Å². The van der Waals surface area contributed by atoms with Crippen LogP contribution < -0.4 is 0 Å². The smallest absolute Gasteiger partial charge is 0.212 e. The molecule has 5 heteroatoms. The van der Waals surface area contributed by atoms with E-state index in [0.717, 1.165) is 4.48 Å². The van der Waals surface area contributed by atoms with Gasteiger partial charge in [0.15, 0.2) is 0 Å². The molecule has 0 radical (unpaired) electrons. The molecule has 1 aliphatic carbocycles. The Balaban J connectivity index is 2.79. The van der Waals surface area contributed by atoms with Crippen LogP contribution in [0.3, 0.4) is 0 Å². The minimum Gasteiger partial charge on any atom is -0.212 e. The Labute approximate surface area is 78.5 Å². The number of rotatable bonds is 1. The third-order valence-corrected chi connectivity index (χ3v) is 3.72. The van der Waals surface area contributed by atoms with E-state index in [2.05, 4.69) is 15.9 Å². The highest BCUT2D eigenvalue weighted by molar-refractivity contribution is 9.11. The van der Waals surface area contributed by atoms with E-state index in [4.69, 9.17) is 10.7 Å². The third kappa shape index (κ3) is 2.61. The Morgan fingerprint density at radius 3 is 2.64 bits per heavy atom. The average Bonchev–Trinajstić information content (AvgIpc) is 1.86. The van der Waals surface area contributed by atoms with Gasteiger partial charge in [0, 0.05) is 15.2 Å². The lowest BCUT2D eigenvalue weighted by Gasteiger charge is -2.09. The molecule has 0 N–H and O–H groups in total. The Kier molecular flexibility index (Phi) is 2.78. The summed E-state index contributed by atoms with van der Waals surface area (Å²) in [5, 5.41) is -0.564. The van der Waals surface area contributed by atoms with Crippen molar-refractivity contribution in [2.45, 2.75) is 11.7 Å². The van der Waals surface area contributed by atoms with Gasteiger partial charge in [-0.05, 0) is 6.42 Å². The van der Waals surface area contributed by atoms with E-state index in [1.165, 1.54) is 0 Å². The van der Waals surface area contributed by atoms with E-state index in [9.17, 15) is 8.42 Å². The second-order valence-corrected chi connectivity index (χ2v) is 5.96. The summed E-state index contributed by atoms with van der Waals surface area (Å²) in [7, 11) is 1.71. The monoisotopic (exact) mass is 256 g/mol. The van der Waals surface area contributed by atoms with Crippen molar-refractivity contribution in [3.63, 3.8) is 0 Å². The van der Waals surface area contributed by atoms with Crippen LogP contribution in [0.4, 0.5) is 0 Å². The molecule has 0 aromatic carbocycles. The lowest BCUT2D eigenvalue weighted by atomic mass is 10.2. The van der Waals surface area contributed by atoms with Crippen LogP contribution >= 0.6 is 26.6 Å². The van der Waals surface area contributed by atoms with E-state index in [1.807, 2.05) is 0 Å². The first-order valence-corrected chi connectivity index (χ1v) is 6.14. The van der Waals surface area contributed by atoms with Crippen LogP contribution in [0.15, 0.2) is 22.7 Å². The van der Waals surface area contributed by atoms with Crippen molar-refractivity contribution in [3.05, 3.63) is 22.7 Å². The van der Waals surface area contributed by atoms with E-state index in [0.29, 0.717) is 6.42 Å². The van der Waals surface area contributed by atoms with Gasteiger partial charge in [-0.25, -0.2) is 8.42 Å². The van der Waals surface area contributed by atoms with Gasteiger partial charge in [0.2, 0.25) is 9.05 Å². The quantitative estimate of drug-likeness (QED) is 0.675. The van der Waals surface area contributed by atoms with Crippen LogP contribution in [-0.2, 0) is 9.05 Å². The highest BCUT2D eigenvalue weighted by atomic mass is 79.9. The topological polar surface area (TPSA) is 34.1 Å². The van der Waals surface area contributed by atoms with E-state index in [1.54, 1.807) is 18.2 Å². The van der Waals surface area contributed by atoms with Gasteiger partial charge in [-0.2, -0.15) is 0 Å². The maximum Gasteiger partial charge on any atom is 0.239 e. The standard InChI is InChI=1S/C6H6BrClO2S/c7-5-1-3-6(4-2-5)11(8,9)10/h1-3,6H,4H2. The van der Waals surface area contributed by atoms with Crippen molar-refractivity contribution >= 4 is 35.7 Å². The Morgan fingerprint density at radius 2 is 2.27 bits per heavy atom. The second-order valence-electron chi connectivity index (χ2n) is 2.20. The SMILES string of the molecule is O=S(=O)(Cl)C1C=CC(Br)=CC1. The van der Waals surface area contributed by atoms with Gasteiger partial charge < -0.3 is 0 Å². The molecule has 11 heavy (non-hydrogen) atoms. The maximum atomic E-state index is 10.8. The molecule has 0 amide bonds. The molecule has 0 heterocycles. The molecule has 0 aromatic heterocycles. The summed E-state index contributed by atoms with van der Waals surface area (Å²) in [6.07, 6.45) is 5.49. The summed E-state index contributed by atoms with van der Waals surface area (Å²) < 4.78 is 22.4. The first kappa shape index (κ1) is 9.29. The van der Waals surface area contributed by atoms with Gasteiger partial charge in [-0.1, -0.05) is 34.2 Å². The van der Waals surface area contributed by atoms with E-state index in [-0.39, 0.29) is 0 Å². The van der Waals surface area contributed by atoms with Gasteiger partial charge >= 0.3 is 0 Å². The fourth-order valence-electron chi connectivity index (χ4n) is 0.783. The first-order chi connectivity index (χ1) is 5.00. The molecule has 0 aromatic rings. The summed E-state index contributed by atoms with van der Waals surface area (Å²) in [5.74, 6) is 0. The zero-order valence-corrected chi connectivity index (χ0v) is 8.66. The number of halogens is 2. The molecule has 1 rings (SSSR count). The molecule has 2 nitrogen and oxygen atoms in total. The van der Waals surface area contributed by atoms with Crippen LogP contribution in [0.25, 0.3) is 0 Å². The fourth-order valence-corrected chi connectivity index (χ4v) is 2.11. The van der Waals surface area contributed by atoms with Crippen LogP contribution in [0.5, 0.6) is 0 Å². The van der Waals surface area contributed by atoms with E-state index < -0.39 is 14.3 Å². The molecule has 0 spiro atoms. The molecule has 1 aliphatic rings. The normalized spacial score (nSPS) is 24.9. The largest absolute Gasteiger partial charge is 0.239 e. The molecular weight excluding hydrogens is 251 g/mol. The van der Waals surface area contributed by atoms with Crippen LogP contribution in [-0.4, -0.2) is 13.7 Å². The lowest BCUT2D eigenvalue weighted by molar-refractivity contribution is 0.602. The van der Waals surface area contributed by atoms with Crippen molar-refractivity contribution in [2.24, 2.45) is 0 Å². The molecule has 0 fully saturated rings. The molecule has 0 aliphatic heterocycles. The van der Waals surface area contributed by atoms with Gasteiger partial charge in [0.25, 0.3) is 0 Å². The molecular formula is C6H6BrClO2S. The lowest BCUT2D eigenvalue weighted by Crippen LogP contribution is -2.13. The maximum absolute atomic E-state index is 10.8. The minimum atomic E-state index is -3.43. The number of hydrogen-bond donors (Lipinski definition) is 0. The summed E-state index contributed by atoms with van der Waals surface area (Å²) in [4.78, 5) is 0. The van der Waals surface area contributed by atoms with Crippen molar-refractivity contribution in [1.82, 2.24) is 0 Å². The molecule has 1 unspecified atom stereocenters. The van der Waals surface area contributed by atoms with Crippen LogP contribution in [0.2, 0.25) is 0 Å². The van der Waals surface area contributed by atoms with Crippen LogP contribution in [0.1, 0.15) is 6.42 Å². The molecule has 1 atom stereocenters. The van der Waals surface area contributed by atoms with Gasteiger partial charge in [0.05, 0.1) is 5.25 Å². The summed E-state index contributed by atoms with van der Waals surface area (Å²) in [5.41, 5.74) is 0. The van der Waals surface area contributed by atoms with E-state index >= 15 is 0 Å². The van der Waals surface area contributed by atoms with Gasteiger partial charge in [-0.3, -0.25) is 0 Å². The minimum absolute atomic E-state index is 0.447. The average molecular weight is 258 g/mol. The third-order valence-electron chi connectivity index (χ3n) is 1.38. The van der Waals surface area contributed by atoms with Crippen molar-refractivity contribution in [1.29, 1.82) is 0 Å². The molecule has 0 saturated carbocycles. The number of hydrogen-bond acceptors (Lipinski definition) is 2.